The van der Waals surface area contributed by atoms with E-state index in [1.54, 1.807) is 0 Å². The topological polar surface area (TPSA) is 67.6 Å². The van der Waals surface area contributed by atoms with E-state index in [1.807, 2.05) is 20.8 Å². The Hall–Kier alpha value is -0.810. The zero-order valence-corrected chi connectivity index (χ0v) is 12.7. The lowest BCUT2D eigenvalue weighted by molar-refractivity contribution is 0.0497. The Morgan fingerprint density at radius 2 is 2.21 bits per heavy atom. The molecule has 0 aliphatic carbocycles. The summed E-state index contributed by atoms with van der Waals surface area (Å²) in [5.41, 5.74) is 5.37. The molecular weight excluding hydrogens is 242 g/mol. The molecule has 0 saturated carbocycles. The van der Waals surface area contributed by atoms with Gasteiger partial charge >= 0.3 is 6.09 Å². The Bertz CT molecular complexity index is 289. The van der Waals surface area contributed by atoms with E-state index >= 15 is 0 Å². The summed E-state index contributed by atoms with van der Waals surface area (Å²) >= 11 is 0. The standard InChI is InChI=1S/C14H29N3O2/c1-11-6-5-7-17(10-11)12(8-15)9-16-13(18)19-14(2,3)4/h11-12H,5-10,15H2,1-4H3,(H,16,18). The summed E-state index contributed by atoms with van der Waals surface area (Å²) < 4.78 is 5.23. The molecule has 1 fully saturated rings. The number of amides is 1. The molecule has 1 aliphatic heterocycles. The molecule has 0 spiro atoms. The molecule has 1 heterocycles. The molecule has 0 radical (unpaired) electrons. The molecule has 2 atom stereocenters. The van der Waals surface area contributed by atoms with Crippen LogP contribution in [-0.4, -0.2) is 48.8 Å². The highest BCUT2D eigenvalue weighted by atomic mass is 16.6. The van der Waals surface area contributed by atoms with Gasteiger partial charge in [-0.05, 0) is 46.1 Å². The minimum Gasteiger partial charge on any atom is -0.444 e. The summed E-state index contributed by atoms with van der Waals surface area (Å²) in [6, 6.07) is 0.204. The first-order valence-corrected chi connectivity index (χ1v) is 7.23. The third-order valence-corrected chi connectivity index (χ3v) is 3.36. The van der Waals surface area contributed by atoms with E-state index in [2.05, 4.69) is 17.1 Å². The van der Waals surface area contributed by atoms with Gasteiger partial charge in [-0.3, -0.25) is 4.90 Å². The van der Waals surface area contributed by atoms with Crippen molar-refractivity contribution < 1.29 is 9.53 Å². The van der Waals surface area contributed by atoms with Crippen LogP contribution in [0.15, 0.2) is 0 Å². The molecular formula is C14H29N3O2. The lowest BCUT2D eigenvalue weighted by Crippen LogP contribution is -2.51. The Kier molecular flexibility index (Phi) is 6.07. The van der Waals surface area contributed by atoms with Crippen LogP contribution in [0.2, 0.25) is 0 Å². The maximum atomic E-state index is 11.6. The second kappa shape index (κ2) is 7.10. The highest BCUT2D eigenvalue weighted by Gasteiger charge is 2.24. The van der Waals surface area contributed by atoms with Crippen molar-refractivity contribution in [2.75, 3.05) is 26.2 Å². The lowest BCUT2D eigenvalue weighted by atomic mass is 9.98. The van der Waals surface area contributed by atoms with Crippen molar-refractivity contribution in [2.24, 2.45) is 11.7 Å². The number of alkyl carbamates (subject to hydrolysis) is 1. The number of nitrogens with two attached hydrogens (primary N) is 1. The number of likely N-dealkylation sites (tertiary alicyclic amines) is 1. The number of hydrogen-bond donors (Lipinski definition) is 2. The van der Waals surface area contributed by atoms with Crippen LogP contribution in [-0.2, 0) is 4.74 Å². The fraction of sp³-hybridized carbons (Fsp3) is 0.929. The third kappa shape index (κ3) is 6.25. The predicted molar refractivity (Wildman–Crippen MR) is 77.1 cm³/mol. The van der Waals surface area contributed by atoms with Crippen molar-refractivity contribution in [3.63, 3.8) is 0 Å². The SMILES string of the molecule is CC1CCCN(C(CN)CNC(=O)OC(C)(C)C)C1. The first-order valence-electron chi connectivity index (χ1n) is 7.23. The van der Waals surface area contributed by atoms with Crippen molar-refractivity contribution in [2.45, 2.75) is 52.2 Å². The first-order chi connectivity index (χ1) is 8.81. The van der Waals surface area contributed by atoms with Gasteiger partial charge in [0, 0.05) is 25.7 Å². The maximum Gasteiger partial charge on any atom is 0.407 e. The van der Waals surface area contributed by atoms with Gasteiger partial charge in [0.2, 0.25) is 0 Å². The van der Waals surface area contributed by atoms with E-state index in [0.717, 1.165) is 13.1 Å². The van der Waals surface area contributed by atoms with E-state index in [0.29, 0.717) is 19.0 Å². The van der Waals surface area contributed by atoms with Crippen LogP contribution in [0.4, 0.5) is 4.79 Å². The van der Waals surface area contributed by atoms with E-state index < -0.39 is 5.60 Å². The number of carbonyl (C=O) groups is 1. The van der Waals surface area contributed by atoms with E-state index in [9.17, 15) is 4.79 Å². The Balaban J connectivity index is 2.38. The quantitative estimate of drug-likeness (QED) is 0.814. The summed E-state index contributed by atoms with van der Waals surface area (Å²) in [6.07, 6.45) is 2.13. The van der Waals surface area contributed by atoms with Crippen molar-refractivity contribution in [1.82, 2.24) is 10.2 Å². The summed E-state index contributed by atoms with van der Waals surface area (Å²) in [5.74, 6) is 0.712. The van der Waals surface area contributed by atoms with Gasteiger partial charge < -0.3 is 15.8 Å². The molecule has 1 amide bonds. The Labute approximate surface area is 116 Å². The van der Waals surface area contributed by atoms with E-state index in [-0.39, 0.29) is 12.1 Å². The van der Waals surface area contributed by atoms with Crippen LogP contribution < -0.4 is 11.1 Å². The molecule has 1 aliphatic rings. The van der Waals surface area contributed by atoms with E-state index in [1.165, 1.54) is 12.8 Å². The van der Waals surface area contributed by atoms with Crippen LogP contribution in [0, 0.1) is 5.92 Å². The molecule has 0 aromatic heterocycles. The Morgan fingerprint density at radius 3 is 2.74 bits per heavy atom. The van der Waals surface area contributed by atoms with Gasteiger partial charge in [-0.15, -0.1) is 0 Å². The average molecular weight is 271 g/mol. The molecule has 3 N–H and O–H groups in total. The monoisotopic (exact) mass is 271 g/mol. The number of ether oxygens (including phenoxy) is 1. The second-order valence-electron chi connectivity index (χ2n) is 6.51. The first kappa shape index (κ1) is 16.2. The molecule has 112 valence electrons. The van der Waals surface area contributed by atoms with Gasteiger partial charge in [-0.2, -0.15) is 0 Å². The zero-order valence-electron chi connectivity index (χ0n) is 12.7. The van der Waals surface area contributed by atoms with Crippen LogP contribution >= 0.6 is 0 Å². The molecule has 2 unspecified atom stereocenters. The van der Waals surface area contributed by atoms with Crippen LogP contribution in [0.3, 0.4) is 0 Å². The van der Waals surface area contributed by atoms with E-state index in [4.69, 9.17) is 10.5 Å². The second-order valence-corrected chi connectivity index (χ2v) is 6.51. The van der Waals surface area contributed by atoms with Gasteiger partial charge in [-0.25, -0.2) is 4.79 Å². The van der Waals surface area contributed by atoms with Crippen LogP contribution in [0.25, 0.3) is 0 Å². The molecule has 5 nitrogen and oxygen atoms in total. The molecule has 0 bridgehead atoms. The maximum absolute atomic E-state index is 11.6. The van der Waals surface area contributed by atoms with Gasteiger partial charge in [0.05, 0.1) is 0 Å². The molecule has 0 aromatic rings. The zero-order chi connectivity index (χ0) is 14.5. The highest BCUT2D eigenvalue weighted by Crippen LogP contribution is 2.17. The highest BCUT2D eigenvalue weighted by molar-refractivity contribution is 5.67. The summed E-state index contributed by atoms with van der Waals surface area (Å²) in [5, 5.41) is 2.82. The molecule has 1 rings (SSSR count). The van der Waals surface area contributed by atoms with Crippen LogP contribution in [0.5, 0.6) is 0 Å². The smallest absolute Gasteiger partial charge is 0.407 e. The van der Waals surface area contributed by atoms with Crippen molar-refractivity contribution in [3.05, 3.63) is 0 Å². The van der Waals surface area contributed by atoms with Gasteiger partial charge in [0.1, 0.15) is 5.60 Å². The van der Waals surface area contributed by atoms with Gasteiger partial charge in [0.15, 0.2) is 0 Å². The average Bonchev–Trinajstić information content (AvgIpc) is 2.27. The normalized spacial score (nSPS) is 22.9. The van der Waals surface area contributed by atoms with Crippen molar-refractivity contribution >= 4 is 6.09 Å². The minimum absolute atomic E-state index is 0.204. The summed E-state index contributed by atoms with van der Waals surface area (Å²) in [7, 11) is 0. The molecule has 19 heavy (non-hydrogen) atoms. The number of rotatable bonds is 4. The third-order valence-electron chi connectivity index (χ3n) is 3.36. The van der Waals surface area contributed by atoms with Crippen molar-refractivity contribution in [3.8, 4) is 0 Å². The largest absolute Gasteiger partial charge is 0.444 e. The fourth-order valence-electron chi connectivity index (χ4n) is 2.43. The fourth-order valence-corrected chi connectivity index (χ4v) is 2.43. The number of hydrogen-bond acceptors (Lipinski definition) is 4. The van der Waals surface area contributed by atoms with Crippen molar-refractivity contribution in [1.29, 1.82) is 0 Å². The summed E-state index contributed by atoms with van der Waals surface area (Å²) in [6.45, 7) is 11.1. The lowest BCUT2D eigenvalue weighted by Gasteiger charge is -2.36. The Morgan fingerprint density at radius 1 is 1.53 bits per heavy atom. The number of carbonyl (C=O) groups excluding carboxylic acids is 1. The minimum atomic E-state index is -0.456. The number of piperidine rings is 1. The predicted octanol–water partition coefficient (Wildman–Crippen LogP) is 1.57. The number of nitrogens with one attached hydrogen (secondary N) is 1. The van der Waals surface area contributed by atoms with Crippen LogP contribution in [0.1, 0.15) is 40.5 Å². The number of nitrogens with zero attached hydrogens (tertiary/aromatic N) is 1. The molecule has 5 heteroatoms. The molecule has 1 saturated heterocycles. The molecule has 0 aromatic carbocycles. The van der Waals surface area contributed by atoms with Gasteiger partial charge in [0.25, 0.3) is 0 Å². The summed E-state index contributed by atoms with van der Waals surface area (Å²) in [4.78, 5) is 14.0. The van der Waals surface area contributed by atoms with Gasteiger partial charge in [-0.1, -0.05) is 6.92 Å².